The van der Waals surface area contributed by atoms with Crippen molar-refractivity contribution >= 4 is 6.29 Å². The molecule has 1 aromatic heterocycles. The molecule has 4 nitrogen and oxygen atoms in total. The van der Waals surface area contributed by atoms with Gasteiger partial charge in [-0.2, -0.15) is 0 Å². The van der Waals surface area contributed by atoms with E-state index in [1.807, 2.05) is 20.9 Å². The first-order valence-corrected chi connectivity index (χ1v) is 5.95. The zero-order chi connectivity index (χ0) is 12.6. The van der Waals surface area contributed by atoms with Crippen LogP contribution in [0.4, 0.5) is 0 Å². The molecule has 0 atom stereocenters. The van der Waals surface area contributed by atoms with E-state index in [9.17, 15) is 9.59 Å². The summed E-state index contributed by atoms with van der Waals surface area (Å²) in [6.45, 7) is 5.73. The topological polar surface area (TPSA) is 42.3 Å². The summed E-state index contributed by atoms with van der Waals surface area (Å²) in [5.74, 6) is 0. The Kier molecular flexibility index (Phi) is 3.15. The summed E-state index contributed by atoms with van der Waals surface area (Å²) in [7, 11) is 2.05. The summed E-state index contributed by atoms with van der Waals surface area (Å²) in [6, 6.07) is 1.85. The number of hydrogen-bond donors (Lipinski definition) is 0. The van der Waals surface area contributed by atoms with Gasteiger partial charge in [0.2, 0.25) is 0 Å². The Balaban J connectivity index is 2.68. The fourth-order valence-electron chi connectivity index (χ4n) is 2.46. The van der Waals surface area contributed by atoms with Crippen LogP contribution in [0.15, 0.2) is 10.9 Å². The van der Waals surface area contributed by atoms with E-state index in [1.54, 1.807) is 10.6 Å². The Morgan fingerprint density at radius 3 is 2.71 bits per heavy atom. The summed E-state index contributed by atoms with van der Waals surface area (Å²) in [5.41, 5.74) is 2.31. The molecule has 2 rings (SSSR count). The number of nitrogens with zero attached hydrogens (tertiary/aromatic N) is 2. The molecule has 0 unspecified atom stereocenters. The van der Waals surface area contributed by atoms with Gasteiger partial charge in [0.25, 0.3) is 5.56 Å². The minimum Gasteiger partial charge on any atom is -0.309 e. The van der Waals surface area contributed by atoms with Crippen molar-refractivity contribution < 1.29 is 4.79 Å². The SMILES string of the molecule is CC(C)n1c2c(cc(C=O)c1=O)CN(C)CC2. The Morgan fingerprint density at radius 2 is 2.12 bits per heavy atom. The molecule has 0 saturated heterocycles. The molecular formula is C13H18N2O2. The maximum Gasteiger partial charge on any atom is 0.261 e. The van der Waals surface area contributed by atoms with Crippen molar-refractivity contribution in [3.63, 3.8) is 0 Å². The quantitative estimate of drug-likeness (QED) is 0.723. The highest BCUT2D eigenvalue weighted by molar-refractivity contribution is 5.74. The fraction of sp³-hybridized carbons (Fsp3) is 0.538. The highest BCUT2D eigenvalue weighted by atomic mass is 16.1. The average molecular weight is 234 g/mol. The van der Waals surface area contributed by atoms with E-state index in [0.717, 1.165) is 30.8 Å². The van der Waals surface area contributed by atoms with Gasteiger partial charge in [-0.05, 0) is 32.5 Å². The molecule has 17 heavy (non-hydrogen) atoms. The van der Waals surface area contributed by atoms with Gasteiger partial charge in [0.15, 0.2) is 6.29 Å². The zero-order valence-electron chi connectivity index (χ0n) is 10.6. The molecule has 0 fully saturated rings. The van der Waals surface area contributed by atoms with Crippen LogP contribution < -0.4 is 5.56 Å². The molecule has 4 heteroatoms. The molecule has 1 aliphatic rings. The average Bonchev–Trinajstić information content (AvgIpc) is 2.28. The molecule has 0 spiro atoms. The van der Waals surface area contributed by atoms with Crippen molar-refractivity contribution in [3.05, 3.63) is 33.2 Å². The number of aldehydes is 1. The van der Waals surface area contributed by atoms with Crippen LogP contribution in [0.2, 0.25) is 0 Å². The lowest BCUT2D eigenvalue weighted by atomic mass is 10.0. The van der Waals surface area contributed by atoms with Crippen molar-refractivity contribution in [1.29, 1.82) is 0 Å². The third-order valence-corrected chi connectivity index (χ3v) is 3.27. The van der Waals surface area contributed by atoms with E-state index in [4.69, 9.17) is 0 Å². The molecule has 0 aliphatic carbocycles. The molecule has 2 heterocycles. The van der Waals surface area contributed by atoms with Gasteiger partial charge in [-0.15, -0.1) is 0 Å². The van der Waals surface area contributed by atoms with Crippen LogP contribution in [0.5, 0.6) is 0 Å². The summed E-state index contributed by atoms with van der Waals surface area (Å²) >= 11 is 0. The number of carbonyl (C=O) groups is 1. The van der Waals surface area contributed by atoms with Crippen LogP contribution in [0, 0.1) is 0 Å². The number of carbonyl (C=O) groups excluding carboxylic acids is 1. The Bertz CT molecular complexity index is 503. The second-order valence-electron chi connectivity index (χ2n) is 4.95. The molecule has 0 amide bonds. The first kappa shape index (κ1) is 12.0. The van der Waals surface area contributed by atoms with Crippen LogP contribution in [-0.4, -0.2) is 29.3 Å². The van der Waals surface area contributed by atoms with Crippen LogP contribution in [0.25, 0.3) is 0 Å². The molecule has 1 aromatic rings. The van der Waals surface area contributed by atoms with Crippen molar-refractivity contribution in [2.24, 2.45) is 0 Å². The highest BCUT2D eigenvalue weighted by Crippen LogP contribution is 2.19. The molecule has 0 radical (unpaired) electrons. The molecule has 0 aromatic carbocycles. The van der Waals surface area contributed by atoms with E-state index in [0.29, 0.717) is 6.29 Å². The number of likely N-dealkylation sites (N-methyl/N-ethyl adjacent to an activating group) is 1. The van der Waals surface area contributed by atoms with Gasteiger partial charge in [-0.1, -0.05) is 0 Å². The van der Waals surface area contributed by atoms with Gasteiger partial charge >= 0.3 is 0 Å². The van der Waals surface area contributed by atoms with Gasteiger partial charge in [-0.25, -0.2) is 0 Å². The molecule has 0 bridgehead atoms. The largest absolute Gasteiger partial charge is 0.309 e. The molecule has 1 aliphatic heterocycles. The van der Waals surface area contributed by atoms with Crippen molar-refractivity contribution in [2.45, 2.75) is 32.9 Å². The number of fused-ring (bicyclic) bond motifs is 1. The monoisotopic (exact) mass is 234 g/mol. The Labute approximate surface area is 101 Å². The lowest BCUT2D eigenvalue weighted by Gasteiger charge is -2.29. The molecule has 92 valence electrons. The maximum atomic E-state index is 12.1. The highest BCUT2D eigenvalue weighted by Gasteiger charge is 2.20. The van der Waals surface area contributed by atoms with Gasteiger partial charge in [0.05, 0.1) is 5.56 Å². The Morgan fingerprint density at radius 1 is 1.41 bits per heavy atom. The van der Waals surface area contributed by atoms with Gasteiger partial charge < -0.3 is 9.47 Å². The van der Waals surface area contributed by atoms with E-state index in [1.165, 1.54) is 0 Å². The predicted molar refractivity (Wildman–Crippen MR) is 66.5 cm³/mol. The van der Waals surface area contributed by atoms with E-state index >= 15 is 0 Å². The second kappa shape index (κ2) is 4.45. The predicted octanol–water partition coefficient (Wildman–Crippen LogP) is 1.23. The lowest BCUT2D eigenvalue weighted by Crippen LogP contribution is -2.36. The molecule has 0 saturated carbocycles. The Hall–Kier alpha value is -1.42. The minimum absolute atomic E-state index is 0.0968. The number of rotatable bonds is 2. The first-order valence-electron chi connectivity index (χ1n) is 5.95. The fourth-order valence-corrected chi connectivity index (χ4v) is 2.46. The van der Waals surface area contributed by atoms with E-state index in [-0.39, 0.29) is 17.2 Å². The van der Waals surface area contributed by atoms with Gasteiger partial charge in [0, 0.05) is 31.2 Å². The first-order chi connectivity index (χ1) is 8.04. The standard InChI is InChI=1S/C13H18N2O2/c1-9(2)15-12-4-5-14(3)7-10(12)6-11(8-16)13(15)17/h6,8-9H,4-5,7H2,1-3H3. The van der Waals surface area contributed by atoms with Crippen LogP contribution in [0.1, 0.15) is 41.5 Å². The second-order valence-corrected chi connectivity index (χ2v) is 4.95. The summed E-state index contributed by atoms with van der Waals surface area (Å²) < 4.78 is 1.77. The molecular weight excluding hydrogens is 216 g/mol. The normalized spacial score (nSPS) is 16.0. The third kappa shape index (κ3) is 2.05. The van der Waals surface area contributed by atoms with Crippen LogP contribution >= 0.6 is 0 Å². The van der Waals surface area contributed by atoms with Gasteiger partial charge in [0.1, 0.15) is 0 Å². The van der Waals surface area contributed by atoms with E-state index in [2.05, 4.69) is 4.90 Å². The zero-order valence-corrected chi connectivity index (χ0v) is 10.6. The minimum atomic E-state index is -0.154. The lowest BCUT2D eigenvalue weighted by molar-refractivity contribution is 0.112. The summed E-state index contributed by atoms with van der Waals surface area (Å²) in [5, 5.41) is 0. The van der Waals surface area contributed by atoms with Crippen LogP contribution in [-0.2, 0) is 13.0 Å². The van der Waals surface area contributed by atoms with Crippen molar-refractivity contribution in [3.8, 4) is 0 Å². The van der Waals surface area contributed by atoms with Gasteiger partial charge in [-0.3, -0.25) is 9.59 Å². The van der Waals surface area contributed by atoms with Crippen molar-refractivity contribution in [2.75, 3.05) is 13.6 Å². The van der Waals surface area contributed by atoms with Crippen LogP contribution in [0.3, 0.4) is 0 Å². The summed E-state index contributed by atoms with van der Waals surface area (Å²) in [4.78, 5) is 25.3. The molecule has 0 N–H and O–H groups in total. The van der Waals surface area contributed by atoms with Crippen molar-refractivity contribution in [1.82, 2.24) is 9.47 Å². The maximum absolute atomic E-state index is 12.1. The van der Waals surface area contributed by atoms with E-state index < -0.39 is 0 Å². The third-order valence-electron chi connectivity index (χ3n) is 3.27. The summed E-state index contributed by atoms with van der Waals surface area (Å²) in [6.07, 6.45) is 1.54. The number of aromatic nitrogens is 1. The smallest absolute Gasteiger partial charge is 0.261 e. The number of hydrogen-bond acceptors (Lipinski definition) is 3. The number of pyridine rings is 1.